The van der Waals surface area contributed by atoms with Crippen LogP contribution in [0.3, 0.4) is 0 Å². The molecule has 5 heteroatoms. The van der Waals surface area contributed by atoms with Gasteiger partial charge >= 0.3 is 0 Å². The van der Waals surface area contributed by atoms with Crippen LogP contribution in [0.2, 0.25) is 0 Å². The number of nitrogens with zero attached hydrogens (tertiary/aromatic N) is 2. The third-order valence-electron chi connectivity index (χ3n) is 3.17. The van der Waals surface area contributed by atoms with Crippen LogP contribution in [-0.2, 0) is 15.8 Å². The van der Waals surface area contributed by atoms with E-state index in [2.05, 4.69) is 6.08 Å². The Bertz CT molecular complexity index is 642. The van der Waals surface area contributed by atoms with Gasteiger partial charge in [0.1, 0.15) is 0 Å². The summed E-state index contributed by atoms with van der Waals surface area (Å²) >= 11 is 0. The van der Waals surface area contributed by atoms with Crippen LogP contribution < -0.4 is 0 Å². The Labute approximate surface area is 114 Å². The minimum absolute atomic E-state index is 0.107. The van der Waals surface area contributed by atoms with Crippen molar-refractivity contribution in [2.24, 2.45) is 0 Å². The Hall–Kier alpha value is -1.64. The molecule has 1 aliphatic rings. The summed E-state index contributed by atoms with van der Waals surface area (Å²) in [5.74, 6) is -0.107. The highest BCUT2D eigenvalue weighted by Crippen LogP contribution is 2.18. The van der Waals surface area contributed by atoms with E-state index in [0.717, 1.165) is 12.0 Å². The van der Waals surface area contributed by atoms with Crippen LogP contribution >= 0.6 is 0 Å². The monoisotopic (exact) mass is 276 g/mol. The zero-order chi connectivity index (χ0) is 13.9. The van der Waals surface area contributed by atoms with Crippen LogP contribution in [0, 0.1) is 11.3 Å². The molecule has 1 aromatic carbocycles. The SMILES string of the molecule is CC1=CCCN(S(=O)(=O)Cc2ccccc2C#N)C1. The van der Waals surface area contributed by atoms with Gasteiger partial charge in [0.15, 0.2) is 0 Å². The molecule has 1 aliphatic heterocycles. The number of benzene rings is 1. The summed E-state index contributed by atoms with van der Waals surface area (Å²) in [5.41, 5.74) is 2.07. The predicted molar refractivity (Wildman–Crippen MR) is 73.7 cm³/mol. The van der Waals surface area contributed by atoms with Crippen molar-refractivity contribution in [3.8, 4) is 6.07 Å². The molecule has 0 radical (unpaired) electrons. The topological polar surface area (TPSA) is 61.2 Å². The highest BCUT2D eigenvalue weighted by atomic mass is 32.2. The van der Waals surface area contributed by atoms with Gasteiger partial charge < -0.3 is 0 Å². The maximum atomic E-state index is 12.4. The zero-order valence-corrected chi connectivity index (χ0v) is 11.7. The minimum atomic E-state index is -3.36. The second-order valence-electron chi connectivity index (χ2n) is 4.70. The molecule has 0 amide bonds. The summed E-state index contributed by atoms with van der Waals surface area (Å²) in [6, 6.07) is 8.87. The molecule has 1 aromatic rings. The number of sulfonamides is 1. The first-order valence-corrected chi connectivity index (χ1v) is 7.75. The normalized spacial score (nSPS) is 16.7. The summed E-state index contributed by atoms with van der Waals surface area (Å²) in [6.45, 7) is 2.91. The molecule has 19 heavy (non-hydrogen) atoms. The Morgan fingerprint density at radius 1 is 1.37 bits per heavy atom. The zero-order valence-electron chi connectivity index (χ0n) is 10.8. The van der Waals surface area contributed by atoms with Crippen LogP contribution in [0.15, 0.2) is 35.9 Å². The Morgan fingerprint density at radius 3 is 2.79 bits per heavy atom. The lowest BCUT2D eigenvalue weighted by Gasteiger charge is -2.25. The molecule has 0 spiro atoms. The summed E-state index contributed by atoms with van der Waals surface area (Å²) in [6.07, 6.45) is 2.82. The Kier molecular flexibility index (Phi) is 4.03. The molecular formula is C14H16N2O2S. The van der Waals surface area contributed by atoms with E-state index in [4.69, 9.17) is 5.26 Å². The molecule has 0 aromatic heterocycles. The van der Waals surface area contributed by atoms with Crippen LogP contribution in [0.25, 0.3) is 0 Å². The van der Waals surface area contributed by atoms with Crippen molar-refractivity contribution in [3.05, 3.63) is 47.0 Å². The molecule has 0 fully saturated rings. The fourth-order valence-electron chi connectivity index (χ4n) is 2.16. The standard InChI is InChI=1S/C14H16N2O2S/c1-12-5-4-8-16(10-12)19(17,18)11-14-7-3-2-6-13(14)9-15/h2-3,5-7H,4,8,10-11H2,1H3. The average molecular weight is 276 g/mol. The van der Waals surface area contributed by atoms with E-state index in [0.29, 0.717) is 24.2 Å². The molecule has 0 saturated carbocycles. The van der Waals surface area contributed by atoms with Crippen molar-refractivity contribution in [2.75, 3.05) is 13.1 Å². The van der Waals surface area contributed by atoms with Gasteiger partial charge in [-0.3, -0.25) is 0 Å². The summed E-state index contributed by atoms with van der Waals surface area (Å²) in [7, 11) is -3.36. The number of nitriles is 1. The van der Waals surface area contributed by atoms with Crippen molar-refractivity contribution in [2.45, 2.75) is 19.1 Å². The number of hydrogen-bond acceptors (Lipinski definition) is 3. The van der Waals surface area contributed by atoms with E-state index in [-0.39, 0.29) is 5.75 Å². The predicted octanol–water partition coefficient (Wildman–Crippen LogP) is 2.04. The molecule has 0 atom stereocenters. The summed E-state index contributed by atoms with van der Waals surface area (Å²) in [5, 5.41) is 9.00. The second kappa shape index (κ2) is 5.55. The van der Waals surface area contributed by atoms with Gasteiger partial charge in [-0.05, 0) is 25.0 Å². The van der Waals surface area contributed by atoms with E-state index >= 15 is 0 Å². The largest absolute Gasteiger partial charge is 0.218 e. The fourth-order valence-corrected chi connectivity index (χ4v) is 3.77. The van der Waals surface area contributed by atoms with E-state index in [1.165, 1.54) is 4.31 Å². The van der Waals surface area contributed by atoms with Crippen molar-refractivity contribution >= 4 is 10.0 Å². The van der Waals surface area contributed by atoms with Crippen molar-refractivity contribution in [3.63, 3.8) is 0 Å². The molecule has 1 heterocycles. The quantitative estimate of drug-likeness (QED) is 0.794. The molecule has 0 N–H and O–H groups in total. The fraction of sp³-hybridized carbons (Fsp3) is 0.357. The van der Waals surface area contributed by atoms with Gasteiger partial charge in [0.2, 0.25) is 10.0 Å². The number of rotatable bonds is 3. The Balaban J connectivity index is 2.23. The first-order chi connectivity index (χ1) is 9.03. The second-order valence-corrected chi connectivity index (χ2v) is 6.67. The van der Waals surface area contributed by atoms with Gasteiger partial charge in [0.05, 0.1) is 17.4 Å². The van der Waals surface area contributed by atoms with Crippen LogP contribution in [-0.4, -0.2) is 25.8 Å². The lowest BCUT2D eigenvalue weighted by atomic mass is 10.1. The van der Waals surface area contributed by atoms with Gasteiger partial charge in [-0.25, -0.2) is 8.42 Å². The highest BCUT2D eigenvalue weighted by molar-refractivity contribution is 7.88. The van der Waals surface area contributed by atoms with Gasteiger partial charge in [-0.15, -0.1) is 0 Å². The smallest absolute Gasteiger partial charge is 0.212 e. The first kappa shape index (κ1) is 13.8. The third-order valence-corrected chi connectivity index (χ3v) is 4.94. The molecule has 0 aliphatic carbocycles. The van der Waals surface area contributed by atoms with E-state index in [9.17, 15) is 8.42 Å². The number of hydrogen-bond donors (Lipinski definition) is 0. The lowest BCUT2D eigenvalue weighted by Crippen LogP contribution is -2.36. The minimum Gasteiger partial charge on any atom is -0.212 e. The van der Waals surface area contributed by atoms with Crippen molar-refractivity contribution in [1.82, 2.24) is 4.31 Å². The lowest BCUT2D eigenvalue weighted by molar-refractivity contribution is 0.427. The van der Waals surface area contributed by atoms with E-state index in [1.54, 1.807) is 24.3 Å². The average Bonchev–Trinajstić information content (AvgIpc) is 2.39. The highest BCUT2D eigenvalue weighted by Gasteiger charge is 2.24. The van der Waals surface area contributed by atoms with E-state index < -0.39 is 10.0 Å². The van der Waals surface area contributed by atoms with Crippen molar-refractivity contribution < 1.29 is 8.42 Å². The Morgan fingerprint density at radius 2 is 2.11 bits per heavy atom. The van der Waals surface area contributed by atoms with Crippen molar-refractivity contribution in [1.29, 1.82) is 5.26 Å². The molecule has 4 nitrogen and oxygen atoms in total. The van der Waals surface area contributed by atoms with Crippen LogP contribution in [0.5, 0.6) is 0 Å². The molecule has 2 rings (SSSR count). The molecule has 0 bridgehead atoms. The third kappa shape index (κ3) is 3.22. The van der Waals surface area contributed by atoms with Crippen LogP contribution in [0.1, 0.15) is 24.5 Å². The van der Waals surface area contributed by atoms with E-state index in [1.807, 2.05) is 13.0 Å². The van der Waals surface area contributed by atoms with Crippen LogP contribution in [0.4, 0.5) is 0 Å². The maximum Gasteiger partial charge on any atom is 0.218 e. The summed E-state index contributed by atoms with van der Waals surface area (Å²) in [4.78, 5) is 0. The maximum absolute atomic E-state index is 12.4. The molecular weight excluding hydrogens is 260 g/mol. The molecule has 100 valence electrons. The molecule has 0 saturated heterocycles. The molecule has 0 unspecified atom stereocenters. The van der Waals surface area contributed by atoms with Gasteiger partial charge in [-0.1, -0.05) is 29.8 Å². The summed E-state index contributed by atoms with van der Waals surface area (Å²) < 4.78 is 26.2. The van der Waals surface area contributed by atoms with Gasteiger partial charge in [0.25, 0.3) is 0 Å². The van der Waals surface area contributed by atoms with Gasteiger partial charge in [-0.2, -0.15) is 9.57 Å². The first-order valence-electron chi connectivity index (χ1n) is 6.14. The van der Waals surface area contributed by atoms with Gasteiger partial charge in [0, 0.05) is 13.1 Å².